The van der Waals surface area contributed by atoms with E-state index in [1.165, 1.54) is 10.1 Å². The summed E-state index contributed by atoms with van der Waals surface area (Å²) in [6.07, 6.45) is -0.0548. The number of pyridine rings is 1. The van der Waals surface area contributed by atoms with Crippen LogP contribution >= 0.6 is 0 Å². The largest absolute Gasteiger partial charge is 0.420 e. The molecule has 3 aromatic heterocycles. The molecular formula is C29H35F3N6O. The molecule has 1 aliphatic heterocycles. The molecule has 1 aliphatic rings. The molecule has 7 nitrogen and oxygen atoms in total. The Morgan fingerprint density at radius 2 is 1.87 bits per heavy atom. The minimum atomic E-state index is -4.55. The van der Waals surface area contributed by atoms with Crippen molar-refractivity contribution < 1.29 is 18.0 Å². The fourth-order valence-electron chi connectivity index (χ4n) is 5.54. The number of rotatable bonds is 6. The number of carbonyl (C=O) groups excluding carboxylic acids is 1. The lowest BCUT2D eigenvalue weighted by atomic mass is 9.87. The summed E-state index contributed by atoms with van der Waals surface area (Å²) in [4.78, 5) is 24.0. The smallest absolute Gasteiger partial charge is 0.354 e. The van der Waals surface area contributed by atoms with Gasteiger partial charge >= 0.3 is 6.18 Å². The van der Waals surface area contributed by atoms with Crippen molar-refractivity contribution >= 4 is 22.5 Å². The summed E-state index contributed by atoms with van der Waals surface area (Å²) in [5.41, 5.74) is 3.11. The maximum Gasteiger partial charge on any atom is 0.420 e. The lowest BCUT2D eigenvalue weighted by Crippen LogP contribution is -2.44. The second kappa shape index (κ2) is 10.3. The molecular weight excluding hydrogens is 505 g/mol. The van der Waals surface area contributed by atoms with Crippen LogP contribution in [0.3, 0.4) is 0 Å². The van der Waals surface area contributed by atoms with Crippen molar-refractivity contribution in [1.82, 2.24) is 29.4 Å². The molecule has 0 radical (unpaired) electrons. The van der Waals surface area contributed by atoms with Crippen LogP contribution in [0.5, 0.6) is 0 Å². The van der Waals surface area contributed by atoms with Crippen LogP contribution in [-0.4, -0.2) is 68.0 Å². The van der Waals surface area contributed by atoms with Gasteiger partial charge in [-0.05, 0) is 74.9 Å². The Hall–Kier alpha value is -3.40. The number of likely N-dealkylation sites (N-methyl/N-ethyl adjacent to an activating group) is 1. The van der Waals surface area contributed by atoms with Crippen molar-refractivity contribution in [3.63, 3.8) is 0 Å². The van der Waals surface area contributed by atoms with Crippen LogP contribution in [0.25, 0.3) is 27.8 Å². The van der Waals surface area contributed by atoms with E-state index in [4.69, 9.17) is 0 Å². The predicted molar refractivity (Wildman–Crippen MR) is 146 cm³/mol. The fourth-order valence-corrected chi connectivity index (χ4v) is 5.54. The highest BCUT2D eigenvalue weighted by molar-refractivity contribution is 5.92. The highest BCUT2D eigenvalue weighted by atomic mass is 19.4. The van der Waals surface area contributed by atoms with Crippen molar-refractivity contribution in [2.45, 2.75) is 64.6 Å². The average molecular weight is 541 g/mol. The Kier molecular flexibility index (Phi) is 7.17. The van der Waals surface area contributed by atoms with E-state index >= 15 is 0 Å². The van der Waals surface area contributed by atoms with Gasteiger partial charge in [-0.3, -0.25) is 9.69 Å². The Bertz CT molecular complexity index is 1490. The van der Waals surface area contributed by atoms with Gasteiger partial charge in [0.15, 0.2) is 5.65 Å². The van der Waals surface area contributed by atoms with Gasteiger partial charge in [0.25, 0.3) is 0 Å². The highest BCUT2D eigenvalue weighted by Crippen LogP contribution is 2.40. The minimum Gasteiger partial charge on any atom is -0.354 e. The molecule has 4 aromatic rings. The Labute approximate surface area is 226 Å². The molecule has 0 atom stereocenters. The number of nitrogens with zero attached hydrogens (tertiary/aromatic N) is 5. The van der Waals surface area contributed by atoms with Crippen LogP contribution < -0.4 is 0 Å². The van der Waals surface area contributed by atoms with Gasteiger partial charge in [0, 0.05) is 41.8 Å². The summed E-state index contributed by atoms with van der Waals surface area (Å²) in [6, 6.07) is 7.78. The number of fused-ring (bicyclic) bond motifs is 2. The van der Waals surface area contributed by atoms with E-state index < -0.39 is 11.7 Å². The second-order valence-corrected chi connectivity index (χ2v) is 11.2. The standard InChI is InChI=1S/C29H35F3N6O/c1-17(2)26-22-12-20(19-8-10-37(11-9-19)25(39)15-36(5)18(3)4)6-7-24(22)35-27(26)21-13-23(29(30,31)32)28-33-16-34-38(28)14-21/h6-7,12-14,16-19,35H,8-11,15H2,1-5H3. The molecule has 0 aliphatic carbocycles. The summed E-state index contributed by atoms with van der Waals surface area (Å²) in [5, 5.41) is 5.00. The molecule has 0 bridgehead atoms. The van der Waals surface area contributed by atoms with Crippen LogP contribution in [0.4, 0.5) is 13.2 Å². The van der Waals surface area contributed by atoms with Crippen molar-refractivity contribution in [3.05, 3.63) is 53.5 Å². The molecule has 39 heavy (non-hydrogen) atoms. The van der Waals surface area contributed by atoms with E-state index in [0.717, 1.165) is 54.8 Å². The zero-order chi connectivity index (χ0) is 28.1. The Morgan fingerprint density at radius 1 is 1.15 bits per heavy atom. The molecule has 1 saturated heterocycles. The minimum absolute atomic E-state index is 0.0715. The number of benzene rings is 1. The third kappa shape index (κ3) is 5.26. The van der Waals surface area contributed by atoms with Crippen LogP contribution in [0.15, 0.2) is 36.8 Å². The lowest BCUT2D eigenvalue weighted by Gasteiger charge is -2.34. The van der Waals surface area contributed by atoms with E-state index in [1.54, 1.807) is 6.20 Å². The summed E-state index contributed by atoms with van der Waals surface area (Å²) in [6.45, 7) is 10.1. The zero-order valence-corrected chi connectivity index (χ0v) is 23.0. The van der Waals surface area contributed by atoms with Crippen LogP contribution in [0, 0.1) is 0 Å². The molecule has 10 heteroatoms. The third-order valence-electron chi connectivity index (χ3n) is 7.99. The first-order valence-electron chi connectivity index (χ1n) is 13.5. The number of nitrogens with one attached hydrogen (secondary N) is 1. The Balaban J connectivity index is 1.45. The third-order valence-corrected chi connectivity index (χ3v) is 7.99. The lowest BCUT2D eigenvalue weighted by molar-refractivity contribution is -0.136. The number of alkyl halides is 3. The molecule has 5 rings (SSSR count). The van der Waals surface area contributed by atoms with E-state index in [2.05, 4.69) is 59.8 Å². The first-order chi connectivity index (χ1) is 18.4. The molecule has 208 valence electrons. The van der Waals surface area contributed by atoms with Gasteiger partial charge in [0.05, 0.1) is 12.2 Å². The van der Waals surface area contributed by atoms with E-state index in [9.17, 15) is 18.0 Å². The Morgan fingerprint density at radius 3 is 2.51 bits per heavy atom. The van der Waals surface area contributed by atoms with E-state index in [1.807, 2.05) is 18.0 Å². The van der Waals surface area contributed by atoms with Crippen molar-refractivity contribution in [1.29, 1.82) is 0 Å². The van der Waals surface area contributed by atoms with Crippen LogP contribution in [0.1, 0.15) is 69.1 Å². The maximum atomic E-state index is 13.9. The van der Waals surface area contributed by atoms with Crippen molar-refractivity contribution in [3.8, 4) is 11.3 Å². The average Bonchev–Trinajstić information content (AvgIpc) is 3.51. The van der Waals surface area contributed by atoms with Crippen molar-refractivity contribution in [2.75, 3.05) is 26.7 Å². The van der Waals surface area contributed by atoms with Crippen LogP contribution in [-0.2, 0) is 11.0 Å². The number of hydrogen-bond acceptors (Lipinski definition) is 4. The van der Waals surface area contributed by atoms with Gasteiger partial charge in [0.2, 0.25) is 5.91 Å². The molecule has 0 unspecified atom stereocenters. The topological polar surface area (TPSA) is 69.5 Å². The fraction of sp³-hybridized carbons (Fsp3) is 0.483. The quantitative estimate of drug-likeness (QED) is 0.323. The van der Waals surface area contributed by atoms with Gasteiger partial charge in [-0.25, -0.2) is 9.50 Å². The number of piperidine rings is 1. The number of hydrogen-bond donors (Lipinski definition) is 1. The number of aromatic amines is 1. The number of likely N-dealkylation sites (tertiary alicyclic amines) is 1. The number of amides is 1. The molecule has 1 amide bonds. The molecule has 4 heterocycles. The number of aromatic nitrogens is 4. The van der Waals surface area contributed by atoms with Gasteiger partial charge < -0.3 is 9.88 Å². The molecule has 0 saturated carbocycles. The second-order valence-electron chi connectivity index (χ2n) is 11.2. The number of carbonyl (C=O) groups is 1. The van der Waals surface area contributed by atoms with Gasteiger partial charge in [0.1, 0.15) is 11.9 Å². The molecule has 0 spiro atoms. The van der Waals surface area contributed by atoms with Crippen molar-refractivity contribution in [2.24, 2.45) is 0 Å². The van der Waals surface area contributed by atoms with E-state index in [0.29, 0.717) is 29.8 Å². The maximum absolute atomic E-state index is 13.9. The summed E-state index contributed by atoms with van der Waals surface area (Å²) < 4.78 is 42.8. The zero-order valence-electron chi connectivity index (χ0n) is 23.0. The first kappa shape index (κ1) is 27.2. The monoisotopic (exact) mass is 540 g/mol. The summed E-state index contributed by atoms with van der Waals surface area (Å²) in [5.74, 6) is 0.560. The first-order valence-corrected chi connectivity index (χ1v) is 13.5. The highest BCUT2D eigenvalue weighted by Gasteiger charge is 2.35. The predicted octanol–water partition coefficient (Wildman–Crippen LogP) is 6.07. The van der Waals surface area contributed by atoms with Gasteiger partial charge in [-0.2, -0.15) is 18.3 Å². The molecule has 1 fully saturated rings. The van der Waals surface area contributed by atoms with Crippen LogP contribution in [0.2, 0.25) is 0 Å². The summed E-state index contributed by atoms with van der Waals surface area (Å²) in [7, 11) is 1.97. The molecule has 1 aromatic carbocycles. The van der Waals surface area contributed by atoms with E-state index in [-0.39, 0.29) is 17.5 Å². The number of halogens is 3. The van der Waals surface area contributed by atoms with Gasteiger partial charge in [-0.15, -0.1) is 0 Å². The summed E-state index contributed by atoms with van der Waals surface area (Å²) >= 11 is 0. The number of H-pyrrole nitrogens is 1. The normalized spacial score (nSPS) is 15.5. The molecule has 1 N–H and O–H groups in total. The van der Waals surface area contributed by atoms with Gasteiger partial charge in [-0.1, -0.05) is 19.9 Å². The SMILES string of the molecule is CC(C)c1c(-c2cc(C(F)(F)F)c3ncnn3c2)[nH]c2ccc(C3CCN(C(=O)CN(C)C(C)C)CC3)cc12.